The van der Waals surface area contributed by atoms with Crippen molar-refractivity contribution >= 4 is 0 Å². The Kier molecular flexibility index (Phi) is 6.19. The fourth-order valence-corrected chi connectivity index (χ4v) is 1.92. The molecule has 1 aromatic carbocycles. The number of hydrogen-bond donors (Lipinski definition) is 1. The van der Waals surface area contributed by atoms with Gasteiger partial charge >= 0.3 is 0 Å². The number of ether oxygens (including phenoxy) is 2. The van der Waals surface area contributed by atoms with Crippen molar-refractivity contribution in [2.75, 3.05) is 26.4 Å². The van der Waals surface area contributed by atoms with Crippen LogP contribution < -0.4 is 5.73 Å². The Morgan fingerprint density at radius 1 is 0.941 bits per heavy atom. The molecule has 0 spiro atoms. The van der Waals surface area contributed by atoms with Crippen molar-refractivity contribution in [2.24, 2.45) is 5.73 Å². The molecule has 0 unspecified atom stereocenters. The zero-order valence-corrected chi connectivity index (χ0v) is 11.1. The summed E-state index contributed by atoms with van der Waals surface area (Å²) in [4.78, 5) is 0. The van der Waals surface area contributed by atoms with E-state index in [0.717, 1.165) is 0 Å². The molecule has 0 aliphatic rings. The Bertz CT molecular complexity index is 327. The molecule has 0 saturated heterocycles. The van der Waals surface area contributed by atoms with Crippen LogP contribution in [0.3, 0.4) is 0 Å². The van der Waals surface area contributed by atoms with Gasteiger partial charge in [-0.15, -0.1) is 0 Å². The lowest BCUT2D eigenvalue weighted by Crippen LogP contribution is -2.12. The van der Waals surface area contributed by atoms with E-state index in [4.69, 9.17) is 15.2 Å². The summed E-state index contributed by atoms with van der Waals surface area (Å²) in [7, 11) is 0. The van der Waals surface area contributed by atoms with Gasteiger partial charge in [0.2, 0.25) is 0 Å². The molecule has 1 rings (SSSR count). The first kappa shape index (κ1) is 14.2. The van der Waals surface area contributed by atoms with Gasteiger partial charge < -0.3 is 15.2 Å². The van der Waals surface area contributed by atoms with Crippen LogP contribution in [-0.4, -0.2) is 26.4 Å². The maximum atomic E-state index is 5.60. The highest BCUT2D eigenvalue weighted by molar-refractivity contribution is 5.36. The van der Waals surface area contributed by atoms with Crippen molar-refractivity contribution in [1.29, 1.82) is 0 Å². The third-order valence-electron chi connectivity index (χ3n) is 2.72. The molecule has 0 aliphatic heterocycles. The zero-order chi connectivity index (χ0) is 12.7. The van der Waals surface area contributed by atoms with Crippen molar-refractivity contribution in [2.45, 2.75) is 27.4 Å². The quantitative estimate of drug-likeness (QED) is 0.739. The minimum absolute atomic E-state index is 0.566. The lowest BCUT2D eigenvalue weighted by Gasteiger charge is -2.12. The molecular weight excluding hydrogens is 214 g/mol. The van der Waals surface area contributed by atoms with Crippen LogP contribution in [0, 0.1) is 20.8 Å². The van der Waals surface area contributed by atoms with Crippen LogP contribution in [-0.2, 0) is 16.1 Å². The first-order chi connectivity index (χ1) is 8.15. The molecule has 3 heteroatoms. The molecule has 1 aromatic rings. The molecule has 0 amide bonds. The second-order valence-electron chi connectivity index (χ2n) is 4.33. The summed E-state index contributed by atoms with van der Waals surface area (Å²) in [5.41, 5.74) is 10.5. The highest BCUT2D eigenvalue weighted by Gasteiger charge is 2.03. The maximum absolute atomic E-state index is 5.60. The van der Waals surface area contributed by atoms with Crippen LogP contribution in [0.4, 0.5) is 0 Å². The standard InChI is InChI=1S/C14H23NO2/c1-11-8-12(2)14(13(3)9-11)10-17-7-6-16-5-4-15/h8-9H,4-7,10,15H2,1-3H3. The molecule has 96 valence electrons. The van der Waals surface area contributed by atoms with Crippen LogP contribution in [0.5, 0.6) is 0 Å². The van der Waals surface area contributed by atoms with Gasteiger partial charge in [0.15, 0.2) is 0 Å². The molecule has 3 nitrogen and oxygen atoms in total. The molecule has 0 bridgehead atoms. The summed E-state index contributed by atoms with van der Waals surface area (Å²) in [6.45, 7) is 9.43. The van der Waals surface area contributed by atoms with Gasteiger partial charge in [-0.1, -0.05) is 17.7 Å². The zero-order valence-electron chi connectivity index (χ0n) is 11.1. The fraction of sp³-hybridized carbons (Fsp3) is 0.571. The monoisotopic (exact) mass is 237 g/mol. The highest BCUT2D eigenvalue weighted by Crippen LogP contribution is 2.17. The SMILES string of the molecule is Cc1cc(C)c(COCCOCCN)c(C)c1. The van der Waals surface area contributed by atoms with Crippen molar-refractivity contribution in [3.63, 3.8) is 0 Å². The summed E-state index contributed by atoms with van der Waals surface area (Å²) in [5, 5.41) is 0. The van der Waals surface area contributed by atoms with Gasteiger partial charge in [0.25, 0.3) is 0 Å². The van der Waals surface area contributed by atoms with E-state index in [2.05, 4.69) is 32.9 Å². The molecule has 0 heterocycles. The number of hydrogen-bond acceptors (Lipinski definition) is 3. The smallest absolute Gasteiger partial charge is 0.0723 e. The lowest BCUT2D eigenvalue weighted by molar-refractivity contribution is 0.0430. The van der Waals surface area contributed by atoms with Crippen molar-refractivity contribution in [1.82, 2.24) is 0 Å². The number of aryl methyl sites for hydroxylation is 3. The topological polar surface area (TPSA) is 44.5 Å². The average Bonchev–Trinajstić information content (AvgIpc) is 2.26. The minimum Gasteiger partial charge on any atom is -0.378 e. The number of benzene rings is 1. The van der Waals surface area contributed by atoms with Gasteiger partial charge in [-0.25, -0.2) is 0 Å². The van der Waals surface area contributed by atoms with Gasteiger partial charge in [0.05, 0.1) is 26.4 Å². The first-order valence-electron chi connectivity index (χ1n) is 6.07. The lowest BCUT2D eigenvalue weighted by atomic mass is 10.0. The molecule has 0 radical (unpaired) electrons. The third-order valence-corrected chi connectivity index (χ3v) is 2.72. The molecule has 0 atom stereocenters. The summed E-state index contributed by atoms with van der Waals surface area (Å²) in [6.07, 6.45) is 0. The molecule has 17 heavy (non-hydrogen) atoms. The van der Waals surface area contributed by atoms with Crippen LogP contribution >= 0.6 is 0 Å². The maximum Gasteiger partial charge on any atom is 0.0723 e. The van der Waals surface area contributed by atoms with Crippen LogP contribution in [0.15, 0.2) is 12.1 Å². The van der Waals surface area contributed by atoms with Crippen molar-refractivity contribution < 1.29 is 9.47 Å². The van der Waals surface area contributed by atoms with E-state index < -0.39 is 0 Å². The van der Waals surface area contributed by atoms with Gasteiger partial charge in [-0.2, -0.15) is 0 Å². The second kappa shape index (κ2) is 7.43. The Balaban J connectivity index is 2.36. The van der Waals surface area contributed by atoms with Gasteiger partial charge in [0, 0.05) is 6.54 Å². The Morgan fingerprint density at radius 2 is 1.53 bits per heavy atom. The van der Waals surface area contributed by atoms with Crippen LogP contribution in [0.2, 0.25) is 0 Å². The van der Waals surface area contributed by atoms with Crippen molar-refractivity contribution in [3.8, 4) is 0 Å². The van der Waals surface area contributed by atoms with Crippen LogP contribution in [0.25, 0.3) is 0 Å². The minimum atomic E-state index is 0.566. The average molecular weight is 237 g/mol. The largest absolute Gasteiger partial charge is 0.378 e. The van der Waals surface area contributed by atoms with Gasteiger partial charge in [-0.05, 0) is 37.5 Å². The normalized spacial score (nSPS) is 10.8. The fourth-order valence-electron chi connectivity index (χ4n) is 1.92. The van der Waals surface area contributed by atoms with E-state index in [1.54, 1.807) is 0 Å². The van der Waals surface area contributed by atoms with E-state index in [1.807, 2.05) is 0 Å². The van der Waals surface area contributed by atoms with E-state index in [9.17, 15) is 0 Å². The Labute approximate surface area is 104 Å². The molecule has 0 saturated carbocycles. The van der Waals surface area contributed by atoms with Crippen molar-refractivity contribution in [3.05, 3.63) is 34.4 Å². The predicted octanol–water partition coefficient (Wildman–Crippen LogP) is 2.10. The van der Waals surface area contributed by atoms with E-state index >= 15 is 0 Å². The van der Waals surface area contributed by atoms with E-state index in [1.165, 1.54) is 22.3 Å². The third kappa shape index (κ3) is 4.86. The van der Waals surface area contributed by atoms with E-state index in [-0.39, 0.29) is 0 Å². The molecule has 0 aromatic heterocycles. The van der Waals surface area contributed by atoms with Gasteiger partial charge in [0.1, 0.15) is 0 Å². The summed E-state index contributed by atoms with van der Waals surface area (Å²) >= 11 is 0. The predicted molar refractivity (Wildman–Crippen MR) is 70.2 cm³/mol. The Morgan fingerprint density at radius 3 is 2.12 bits per heavy atom. The first-order valence-corrected chi connectivity index (χ1v) is 6.07. The second-order valence-corrected chi connectivity index (χ2v) is 4.33. The van der Waals surface area contributed by atoms with E-state index in [0.29, 0.717) is 33.0 Å². The molecule has 0 aliphatic carbocycles. The highest BCUT2D eigenvalue weighted by atomic mass is 16.5. The number of rotatable bonds is 7. The summed E-state index contributed by atoms with van der Waals surface area (Å²) in [6, 6.07) is 4.38. The summed E-state index contributed by atoms with van der Waals surface area (Å²) < 4.78 is 10.9. The molecule has 0 fully saturated rings. The molecule has 2 N–H and O–H groups in total. The summed E-state index contributed by atoms with van der Waals surface area (Å²) in [5.74, 6) is 0. The number of nitrogens with two attached hydrogens (primary N) is 1. The van der Waals surface area contributed by atoms with Gasteiger partial charge in [-0.3, -0.25) is 0 Å². The Hall–Kier alpha value is -0.900. The van der Waals surface area contributed by atoms with Crippen LogP contribution in [0.1, 0.15) is 22.3 Å². The molecular formula is C14H23NO2.